The Bertz CT molecular complexity index is 585. The maximum atomic E-state index is 12.8. The Hall–Kier alpha value is -0.650. The zero-order valence-corrected chi connectivity index (χ0v) is 22.9. The Morgan fingerprint density at radius 2 is 1.53 bits per heavy atom. The molecule has 8 nitrogen and oxygen atoms in total. The summed E-state index contributed by atoms with van der Waals surface area (Å²) in [4.78, 5) is 26.6. The first kappa shape index (κ1) is 27.6. The SMILES string of the molecule is CN=C(NCC(CC(C)C)N1CCOCC1)N1CCN(C(C)C(=O)N2CCCC2)CC1.I. The number of amides is 1. The fraction of sp³-hybridized carbons (Fsp3) is 0.913. The summed E-state index contributed by atoms with van der Waals surface area (Å²) in [5.41, 5.74) is 0. The molecule has 186 valence electrons. The number of rotatable bonds is 7. The summed E-state index contributed by atoms with van der Waals surface area (Å²) in [6.45, 7) is 16.8. The van der Waals surface area contributed by atoms with Crippen LogP contribution in [-0.4, -0.2) is 123 Å². The number of guanidine groups is 1. The van der Waals surface area contributed by atoms with Gasteiger partial charge in [0, 0.05) is 72.0 Å². The van der Waals surface area contributed by atoms with E-state index in [1.54, 1.807) is 0 Å². The lowest BCUT2D eigenvalue weighted by Gasteiger charge is -2.40. The second-order valence-corrected chi connectivity index (χ2v) is 9.59. The summed E-state index contributed by atoms with van der Waals surface area (Å²) >= 11 is 0. The van der Waals surface area contributed by atoms with E-state index in [0.29, 0.717) is 17.9 Å². The van der Waals surface area contributed by atoms with Crippen LogP contribution in [-0.2, 0) is 9.53 Å². The summed E-state index contributed by atoms with van der Waals surface area (Å²) in [6, 6.07) is 0.479. The van der Waals surface area contributed by atoms with Crippen molar-refractivity contribution in [1.29, 1.82) is 0 Å². The highest BCUT2D eigenvalue weighted by molar-refractivity contribution is 14.0. The minimum absolute atomic E-state index is 0. The summed E-state index contributed by atoms with van der Waals surface area (Å²) in [6.07, 6.45) is 3.47. The van der Waals surface area contributed by atoms with Crippen molar-refractivity contribution in [3.63, 3.8) is 0 Å². The molecule has 2 atom stereocenters. The van der Waals surface area contributed by atoms with Crippen molar-refractivity contribution in [1.82, 2.24) is 24.9 Å². The average molecular weight is 565 g/mol. The van der Waals surface area contributed by atoms with Gasteiger partial charge in [0.2, 0.25) is 5.91 Å². The van der Waals surface area contributed by atoms with Crippen molar-refractivity contribution >= 4 is 35.8 Å². The molecule has 0 aromatic carbocycles. The second-order valence-electron chi connectivity index (χ2n) is 9.59. The molecule has 1 N–H and O–H groups in total. The average Bonchev–Trinajstić information content (AvgIpc) is 3.33. The summed E-state index contributed by atoms with van der Waals surface area (Å²) < 4.78 is 5.55. The number of hydrogen-bond acceptors (Lipinski definition) is 5. The van der Waals surface area contributed by atoms with Crippen LogP contribution in [0.1, 0.15) is 40.0 Å². The van der Waals surface area contributed by atoms with Gasteiger partial charge in [-0.25, -0.2) is 0 Å². The molecule has 3 saturated heterocycles. The molecular weight excluding hydrogens is 519 g/mol. The van der Waals surface area contributed by atoms with Gasteiger partial charge < -0.3 is 19.9 Å². The van der Waals surface area contributed by atoms with Crippen LogP contribution in [0, 0.1) is 5.92 Å². The van der Waals surface area contributed by atoms with Crippen LogP contribution in [0.3, 0.4) is 0 Å². The van der Waals surface area contributed by atoms with E-state index in [-0.39, 0.29) is 30.0 Å². The van der Waals surface area contributed by atoms with Crippen LogP contribution in [0.2, 0.25) is 0 Å². The maximum absolute atomic E-state index is 12.8. The Kier molecular flexibility index (Phi) is 12.0. The number of ether oxygens (including phenoxy) is 1. The van der Waals surface area contributed by atoms with Gasteiger partial charge in [0.05, 0.1) is 19.3 Å². The fourth-order valence-electron chi connectivity index (χ4n) is 5.07. The van der Waals surface area contributed by atoms with Crippen LogP contribution < -0.4 is 5.32 Å². The molecule has 0 spiro atoms. The van der Waals surface area contributed by atoms with Gasteiger partial charge in [-0.3, -0.25) is 19.6 Å². The summed E-state index contributed by atoms with van der Waals surface area (Å²) in [7, 11) is 1.88. The zero-order valence-electron chi connectivity index (χ0n) is 20.6. The second kappa shape index (κ2) is 13.9. The van der Waals surface area contributed by atoms with Crippen LogP contribution in [0.5, 0.6) is 0 Å². The minimum Gasteiger partial charge on any atom is -0.379 e. The Balaban J connectivity index is 0.00000363. The van der Waals surface area contributed by atoms with Crippen molar-refractivity contribution in [3.05, 3.63) is 0 Å². The van der Waals surface area contributed by atoms with Crippen LogP contribution >= 0.6 is 24.0 Å². The maximum Gasteiger partial charge on any atom is 0.239 e. The topological polar surface area (TPSA) is 63.7 Å². The molecule has 3 heterocycles. The molecule has 0 aromatic rings. The van der Waals surface area contributed by atoms with Crippen LogP contribution in [0.25, 0.3) is 0 Å². The first-order chi connectivity index (χ1) is 15.0. The van der Waals surface area contributed by atoms with E-state index in [2.05, 4.69) is 45.8 Å². The normalized spacial score (nSPS) is 23.2. The quantitative estimate of drug-likeness (QED) is 0.288. The van der Waals surface area contributed by atoms with Gasteiger partial charge in [-0.15, -0.1) is 24.0 Å². The number of morpholine rings is 1. The molecule has 1 amide bonds. The van der Waals surface area contributed by atoms with E-state index < -0.39 is 0 Å². The van der Waals surface area contributed by atoms with Gasteiger partial charge >= 0.3 is 0 Å². The number of hydrogen-bond donors (Lipinski definition) is 1. The highest BCUT2D eigenvalue weighted by Crippen LogP contribution is 2.15. The molecule has 3 fully saturated rings. The van der Waals surface area contributed by atoms with Crippen molar-refractivity contribution in [2.24, 2.45) is 10.9 Å². The number of piperazine rings is 1. The van der Waals surface area contributed by atoms with Crippen molar-refractivity contribution in [2.75, 3.05) is 79.2 Å². The molecule has 32 heavy (non-hydrogen) atoms. The first-order valence-corrected chi connectivity index (χ1v) is 12.3. The number of carbonyl (C=O) groups is 1. The predicted octanol–water partition coefficient (Wildman–Crippen LogP) is 1.56. The van der Waals surface area contributed by atoms with E-state index in [1.807, 2.05) is 11.9 Å². The zero-order chi connectivity index (χ0) is 22.2. The lowest BCUT2D eigenvalue weighted by molar-refractivity contribution is -0.135. The molecule has 0 aliphatic carbocycles. The highest BCUT2D eigenvalue weighted by Gasteiger charge is 2.31. The molecule has 0 radical (unpaired) electrons. The largest absolute Gasteiger partial charge is 0.379 e. The van der Waals surface area contributed by atoms with Gasteiger partial charge in [0.25, 0.3) is 0 Å². The number of nitrogens with zero attached hydrogens (tertiary/aromatic N) is 5. The standard InChI is InChI=1S/C23H44N6O2.HI/c1-19(2)17-21(27-13-15-31-16-14-27)18-25-23(24-4)29-11-9-26(10-12-29)20(3)22(30)28-7-5-6-8-28;/h19-21H,5-18H2,1-4H3,(H,24,25);1H. The molecule has 9 heteroatoms. The first-order valence-electron chi connectivity index (χ1n) is 12.3. The Morgan fingerprint density at radius 3 is 2.09 bits per heavy atom. The lowest BCUT2D eigenvalue weighted by atomic mass is 10.0. The van der Waals surface area contributed by atoms with E-state index in [0.717, 1.165) is 90.9 Å². The van der Waals surface area contributed by atoms with Gasteiger partial charge in [0.1, 0.15) is 0 Å². The van der Waals surface area contributed by atoms with Gasteiger partial charge in [-0.1, -0.05) is 13.8 Å². The minimum atomic E-state index is -0.0213. The third kappa shape index (κ3) is 7.70. The number of likely N-dealkylation sites (tertiary alicyclic amines) is 1. The van der Waals surface area contributed by atoms with E-state index in [1.165, 1.54) is 6.42 Å². The molecule has 3 aliphatic rings. The van der Waals surface area contributed by atoms with Gasteiger partial charge in [0.15, 0.2) is 5.96 Å². The molecule has 0 aromatic heterocycles. The molecule has 3 rings (SSSR count). The van der Waals surface area contributed by atoms with E-state index in [4.69, 9.17) is 4.74 Å². The van der Waals surface area contributed by atoms with E-state index in [9.17, 15) is 4.79 Å². The number of carbonyl (C=O) groups excluding carboxylic acids is 1. The monoisotopic (exact) mass is 564 g/mol. The third-order valence-corrected chi connectivity index (χ3v) is 6.95. The summed E-state index contributed by atoms with van der Waals surface area (Å²) in [5.74, 6) is 1.95. The highest BCUT2D eigenvalue weighted by atomic mass is 127. The number of nitrogens with one attached hydrogen (secondary N) is 1. The predicted molar refractivity (Wildman–Crippen MR) is 141 cm³/mol. The van der Waals surface area contributed by atoms with Crippen molar-refractivity contribution in [3.8, 4) is 0 Å². The molecular formula is C23H45IN6O2. The van der Waals surface area contributed by atoms with Crippen LogP contribution in [0.4, 0.5) is 0 Å². The van der Waals surface area contributed by atoms with Crippen LogP contribution in [0.15, 0.2) is 4.99 Å². The Morgan fingerprint density at radius 1 is 0.906 bits per heavy atom. The smallest absolute Gasteiger partial charge is 0.239 e. The van der Waals surface area contributed by atoms with Gasteiger partial charge in [-0.2, -0.15) is 0 Å². The number of halogens is 1. The third-order valence-electron chi connectivity index (χ3n) is 6.95. The fourth-order valence-corrected chi connectivity index (χ4v) is 5.07. The Labute approximate surface area is 212 Å². The van der Waals surface area contributed by atoms with Crippen molar-refractivity contribution in [2.45, 2.75) is 52.1 Å². The molecule has 0 bridgehead atoms. The van der Waals surface area contributed by atoms with Crippen molar-refractivity contribution < 1.29 is 9.53 Å². The summed E-state index contributed by atoms with van der Waals surface area (Å²) in [5, 5.41) is 3.65. The molecule has 3 aliphatic heterocycles. The van der Waals surface area contributed by atoms with Gasteiger partial charge in [-0.05, 0) is 32.1 Å². The lowest BCUT2D eigenvalue weighted by Crippen LogP contribution is -2.58. The van der Waals surface area contributed by atoms with E-state index >= 15 is 0 Å². The molecule has 0 saturated carbocycles. The molecule has 2 unspecified atom stereocenters. The number of aliphatic imine (C=N–C) groups is 1.